The summed E-state index contributed by atoms with van der Waals surface area (Å²) in [7, 11) is 0. The first-order valence-corrected chi connectivity index (χ1v) is 7.69. The molecule has 6 nitrogen and oxygen atoms in total. The van der Waals surface area contributed by atoms with Crippen LogP contribution >= 0.6 is 0 Å². The number of aliphatic hydroxyl groups excluding tert-OH is 1. The molecule has 2 aromatic heterocycles. The molecule has 0 aliphatic carbocycles. The summed E-state index contributed by atoms with van der Waals surface area (Å²) in [6.45, 7) is 5.93. The Bertz CT molecular complexity index is 593. The average molecular weight is 291 g/mol. The molecule has 2 rings (SSSR count). The van der Waals surface area contributed by atoms with E-state index in [1.54, 1.807) is 0 Å². The second-order valence-electron chi connectivity index (χ2n) is 5.62. The van der Waals surface area contributed by atoms with Gasteiger partial charge >= 0.3 is 0 Å². The van der Waals surface area contributed by atoms with Gasteiger partial charge < -0.3 is 15.4 Å². The van der Waals surface area contributed by atoms with Gasteiger partial charge in [0.2, 0.25) is 0 Å². The van der Waals surface area contributed by atoms with Gasteiger partial charge in [-0.3, -0.25) is 0 Å². The van der Waals surface area contributed by atoms with Crippen molar-refractivity contribution >= 4 is 17.0 Å². The molecule has 6 heteroatoms. The standard InChI is InChI=1S/C15H25N5O/c1-4-5-6-7-8-12(10(2)21)20-11(3)19-13-14(16)17-9-18-15(13)20/h9-10,12,21H,4-8H2,1-3H3,(H2,16,17,18). The van der Waals surface area contributed by atoms with Crippen molar-refractivity contribution in [3.63, 3.8) is 0 Å². The Morgan fingerprint density at radius 3 is 2.71 bits per heavy atom. The zero-order valence-electron chi connectivity index (χ0n) is 13.1. The van der Waals surface area contributed by atoms with Crippen LogP contribution in [0.5, 0.6) is 0 Å². The molecule has 3 N–H and O–H groups in total. The largest absolute Gasteiger partial charge is 0.391 e. The van der Waals surface area contributed by atoms with E-state index in [1.807, 2.05) is 18.4 Å². The lowest BCUT2D eigenvalue weighted by atomic mass is 10.0. The molecule has 0 amide bonds. The van der Waals surface area contributed by atoms with Gasteiger partial charge in [-0.15, -0.1) is 0 Å². The van der Waals surface area contributed by atoms with E-state index >= 15 is 0 Å². The second-order valence-corrected chi connectivity index (χ2v) is 5.62. The molecule has 0 aliphatic rings. The molecular weight excluding hydrogens is 266 g/mol. The fourth-order valence-electron chi connectivity index (χ4n) is 2.80. The Labute approximate surface area is 125 Å². The van der Waals surface area contributed by atoms with Gasteiger partial charge in [0, 0.05) is 0 Å². The molecule has 0 aliphatic heterocycles. The van der Waals surface area contributed by atoms with Crippen LogP contribution in [-0.2, 0) is 0 Å². The Hall–Kier alpha value is -1.69. The van der Waals surface area contributed by atoms with Crippen LogP contribution in [0.4, 0.5) is 5.82 Å². The molecular formula is C15H25N5O. The Kier molecular flexibility index (Phi) is 5.12. The number of anilines is 1. The number of hydrogen-bond acceptors (Lipinski definition) is 5. The molecule has 0 saturated carbocycles. The summed E-state index contributed by atoms with van der Waals surface area (Å²) in [6, 6.07) is -0.0267. The Morgan fingerprint density at radius 2 is 2.05 bits per heavy atom. The number of imidazole rings is 1. The molecule has 2 heterocycles. The van der Waals surface area contributed by atoms with Crippen LogP contribution < -0.4 is 5.73 Å². The van der Waals surface area contributed by atoms with Crippen molar-refractivity contribution in [3.05, 3.63) is 12.2 Å². The minimum absolute atomic E-state index is 0.0267. The second kappa shape index (κ2) is 6.85. The molecule has 0 bridgehead atoms. The first-order valence-electron chi connectivity index (χ1n) is 7.69. The predicted molar refractivity (Wildman–Crippen MR) is 83.9 cm³/mol. The van der Waals surface area contributed by atoms with Gasteiger partial charge in [-0.05, 0) is 20.3 Å². The zero-order valence-corrected chi connectivity index (χ0v) is 13.1. The summed E-state index contributed by atoms with van der Waals surface area (Å²) in [5, 5.41) is 10.2. The third-order valence-electron chi connectivity index (χ3n) is 3.92. The zero-order chi connectivity index (χ0) is 15.4. The smallest absolute Gasteiger partial charge is 0.165 e. The van der Waals surface area contributed by atoms with Crippen molar-refractivity contribution in [1.29, 1.82) is 0 Å². The summed E-state index contributed by atoms with van der Waals surface area (Å²) < 4.78 is 2.00. The van der Waals surface area contributed by atoms with Gasteiger partial charge in [0.25, 0.3) is 0 Å². The first kappa shape index (κ1) is 15.7. The lowest BCUT2D eigenvalue weighted by Gasteiger charge is -2.23. The van der Waals surface area contributed by atoms with E-state index in [1.165, 1.54) is 25.6 Å². The van der Waals surface area contributed by atoms with Crippen LogP contribution in [-0.4, -0.2) is 30.7 Å². The summed E-state index contributed by atoms with van der Waals surface area (Å²) >= 11 is 0. The first-order chi connectivity index (χ1) is 10.1. The summed E-state index contributed by atoms with van der Waals surface area (Å²) in [6.07, 6.45) is 6.60. The van der Waals surface area contributed by atoms with Crippen LogP contribution in [0.2, 0.25) is 0 Å². The monoisotopic (exact) mass is 291 g/mol. The lowest BCUT2D eigenvalue weighted by molar-refractivity contribution is 0.123. The van der Waals surface area contributed by atoms with Crippen LogP contribution in [0.1, 0.15) is 57.8 Å². The van der Waals surface area contributed by atoms with Crippen molar-refractivity contribution in [2.75, 3.05) is 5.73 Å². The molecule has 0 aromatic carbocycles. The number of hydrogen-bond donors (Lipinski definition) is 2. The fraction of sp³-hybridized carbons (Fsp3) is 0.667. The van der Waals surface area contributed by atoms with Crippen LogP contribution in [0.25, 0.3) is 11.2 Å². The highest BCUT2D eigenvalue weighted by molar-refractivity contribution is 5.81. The van der Waals surface area contributed by atoms with Crippen molar-refractivity contribution in [3.8, 4) is 0 Å². The van der Waals surface area contributed by atoms with Gasteiger partial charge in [-0.2, -0.15) is 0 Å². The van der Waals surface area contributed by atoms with Gasteiger partial charge in [-0.1, -0.05) is 32.6 Å². The Morgan fingerprint density at radius 1 is 1.29 bits per heavy atom. The molecule has 0 fully saturated rings. The summed E-state index contributed by atoms with van der Waals surface area (Å²) in [4.78, 5) is 12.8. The number of nitrogen functional groups attached to an aromatic ring is 1. The van der Waals surface area contributed by atoms with Crippen LogP contribution in [0.15, 0.2) is 6.33 Å². The van der Waals surface area contributed by atoms with E-state index in [4.69, 9.17) is 5.73 Å². The van der Waals surface area contributed by atoms with E-state index in [2.05, 4.69) is 21.9 Å². The lowest BCUT2D eigenvalue weighted by Crippen LogP contribution is -2.23. The highest BCUT2D eigenvalue weighted by Gasteiger charge is 2.23. The number of aryl methyl sites for hydroxylation is 1. The topological polar surface area (TPSA) is 89.8 Å². The molecule has 0 saturated heterocycles. The van der Waals surface area contributed by atoms with E-state index in [-0.39, 0.29) is 6.04 Å². The predicted octanol–water partition coefficient (Wildman–Crippen LogP) is 2.61. The molecule has 2 atom stereocenters. The summed E-state index contributed by atoms with van der Waals surface area (Å²) in [5.74, 6) is 1.20. The van der Waals surface area contributed by atoms with Crippen molar-refractivity contribution < 1.29 is 5.11 Å². The average Bonchev–Trinajstić information content (AvgIpc) is 2.77. The van der Waals surface area contributed by atoms with Gasteiger partial charge in [-0.25, -0.2) is 15.0 Å². The molecule has 2 aromatic rings. The quantitative estimate of drug-likeness (QED) is 0.765. The number of aromatic nitrogens is 4. The van der Waals surface area contributed by atoms with E-state index in [0.717, 1.165) is 18.7 Å². The van der Waals surface area contributed by atoms with Crippen molar-refractivity contribution in [1.82, 2.24) is 19.5 Å². The van der Waals surface area contributed by atoms with E-state index < -0.39 is 6.10 Å². The molecule has 2 unspecified atom stereocenters. The van der Waals surface area contributed by atoms with Crippen LogP contribution in [0, 0.1) is 6.92 Å². The van der Waals surface area contributed by atoms with Gasteiger partial charge in [0.15, 0.2) is 17.0 Å². The molecule has 21 heavy (non-hydrogen) atoms. The summed E-state index contributed by atoms with van der Waals surface area (Å²) in [5.41, 5.74) is 7.19. The van der Waals surface area contributed by atoms with Gasteiger partial charge in [0.05, 0.1) is 12.1 Å². The van der Waals surface area contributed by atoms with E-state index in [9.17, 15) is 5.11 Å². The number of nitrogens with zero attached hydrogens (tertiary/aromatic N) is 4. The number of aliphatic hydroxyl groups is 1. The normalized spacial score (nSPS) is 14.5. The number of unbranched alkanes of at least 4 members (excludes halogenated alkanes) is 3. The Balaban J connectivity index is 2.32. The molecule has 0 spiro atoms. The number of rotatable bonds is 7. The maximum atomic E-state index is 10.2. The third kappa shape index (κ3) is 3.32. The van der Waals surface area contributed by atoms with E-state index in [0.29, 0.717) is 17.0 Å². The minimum Gasteiger partial charge on any atom is -0.391 e. The third-order valence-corrected chi connectivity index (χ3v) is 3.92. The fourth-order valence-corrected chi connectivity index (χ4v) is 2.80. The molecule has 0 radical (unpaired) electrons. The maximum Gasteiger partial charge on any atom is 0.165 e. The maximum absolute atomic E-state index is 10.2. The number of nitrogens with two attached hydrogens (primary N) is 1. The minimum atomic E-state index is -0.459. The highest BCUT2D eigenvalue weighted by atomic mass is 16.3. The highest BCUT2D eigenvalue weighted by Crippen LogP contribution is 2.27. The van der Waals surface area contributed by atoms with Gasteiger partial charge in [0.1, 0.15) is 12.2 Å². The van der Waals surface area contributed by atoms with Crippen LogP contribution in [0.3, 0.4) is 0 Å². The van der Waals surface area contributed by atoms with Crippen molar-refractivity contribution in [2.24, 2.45) is 0 Å². The number of fused-ring (bicyclic) bond motifs is 1. The molecule has 116 valence electrons. The van der Waals surface area contributed by atoms with Crippen molar-refractivity contribution in [2.45, 2.75) is 65.0 Å². The SMILES string of the molecule is CCCCCCC(C(C)O)n1c(C)nc2c(N)ncnc21.